The molecule has 0 spiro atoms. The molecule has 0 atom stereocenters. The Morgan fingerprint density at radius 1 is 0.826 bits per heavy atom. The normalized spacial score (nSPS) is 14.4. The number of fused-ring (bicyclic) bond motifs is 1. The van der Waals surface area contributed by atoms with Gasteiger partial charge in [-0.05, 0) is 35.2 Å². The lowest BCUT2D eigenvalue weighted by Crippen LogP contribution is -2.29. The SMILES string of the molecule is CC(C)(C)c1ccc(N2C(=O)c3cc(Cl)c(Cl)cc3C2=O)cc1. The third-order valence-electron chi connectivity index (χ3n) is 3.92. The van der Waals surface area contributed by atoms with E-state index < -0.39 is 0 Å². The summed E-state index contributed by atoms with van der Waals surface area (Å²) in [7, 11) is 0. The van der Waals surface area contributed by atoms with E-state index in [4.69, 9.17) is 23.2 Å². The van der Waals surface area contributed by atoms with Crippen LogP contribution in [0.15, 0.2) is 36.4 Å². The average molecular weight is 348 g/mol. The van der Waals surface area contributed by atoms with Gasteiger partial charge >= 0.3 is 0 Å². The molecule has 0 N–H and O–H groups in total. The number of nitrogens with zero attached hydrogens (tertiary/aromatic N) is 1. The van der Waals surface area contributed by atoms with Crippen LogP contribution in [0.1, 0.15) is 47.1 Å². The van der Waals surface area contributed by atoms with Gasteiger partial charge in [-0.15, -0.1) is 0 Å². The summed E-state index contributed by atoms with van der Waals surface area (Å²) < 4.78 is 0. The molecule has 2 amide bonds. The third-order valence-corrected chi connectivity index (χ3v) is 4.64. The molecule has 2 aromatic rings. The topological polar surface area (TPSA) is 37.4 Å². The van der Waals surface area contributed by atoms with Crippen molar-refractivity contribution in [2.75, 3.05) is 4.90 Å². The number of carbonyl (C=O) groups is 2. The highest BCUT2D eigenvalue weighted by atomic mass is 35.5. The highest BCUT2D eigenvalue weighted by molar-refractivity contribution is 6.44. The van der Waals surface area contributed by atoms with Gasteiger partial charge in [0, 0.05) is 0 Å². The second-order valence-electron chi connectivity index (χ2n) is 6.55. The number of halogens is 2. The Balaban J connectivity index is 2.02. The molecular weight excluding hydrogens is 333 g/mol. The quantitative estimate of drug-likeness (QED) is 0.673. The first-order valence-corrected chi connectivity index (χ1v) is 7.94. The lowest BCUT2D eigenvalue weighted by molar-refractivity contribution is 0.0926. The number of hydrogen-bond acceptors (Lipinski definition) is 2. The minimum Gasteiger partial charge on any atom is -0.268 e. The van der Waals surface area contributed by atoms with Gasteiger partial charge in [0.05, 0.1) is 26.9 Å². The number of hydrogen-bond donors (Lipinski definition) is 0. The van der Waals surface area contributed by atoms with Crippen molar-refractivity contribution in [3.05, 3.63) is 63.1 Å². The van der Waals surface area contributed by atoms with Gasteiger partial charge in [-0.2, -0.15) is 0 Å². The Bertz CT molecular complexity index is 779. The number of anilines is 1. The molecule has 0 aromatic heterocycles. The summed E-state index contributed by atoms with van der Waals surface area (Å²) in [5.74, 6) is -0.765. The number of imide groups is 1. The van der Waals surface area contributed by atoms with E-state index in [-0.39, 0.29) is 38.4 Å². The van der Waals surface area contributed by atoms with Crippen LogP contribution in [0, 0.1) is 0 Å². The molecular formula is C18H15Cl2NO2. The van der Waals surface area contributed by atoms with Crippen molar-refractivity contribution in [3.8, 4) is 0 Å². The van der Waals surface area contributed by atoms with E-state index in [9.17, 15) is 9.59 Å². The van der Waals surface area contributed by atoms with Crippen LogP contribution < -0.4 is 4.90 Å². The number of rotatable bonds is 1. The molecule has 0 saturated carbocycles. The zero-order valence-electron chi connectivity index (χ0n) is 13.0. The molecule has 1 aliphatic heterocycles. The van der Waals surface area contributed by atoms with Gasteiger partial charge in [-0.25, -0.2) is 4.90 Å². The van der Waals surface area contributed by atoms with Crippen LogP contribution >= 0.6 is 23.2 Å². The maximum atomic E-state index is 12.6. The van der Waals surface area contributed by atoms with Crippen molar-refractivity contribution in [1.82, 2.24) is 0 Å². The van der Waals surface area contributed by atoms with Crippen molar-refractivity contribution < 1.29 is 9.59 Å². The van der Waals surface area contributed by atoms with Crippen LogP contribution in [0.3, 0.4) is 0 Å². The molecule has 5 heteroatoms. The van der Waals surface area contributed by atoms with E-state index in [1.165, 1.54) is 12.1 Å². The van der Waals surface area contributed by atoms with Crippen LogP contribution in [-0.4, -0.2) is 11.8 Å². The molecule has 0 fully saturated rings. The second-order valence-corrected chi connectivity index (χ2v) is 7.37. The van der Waals surface area contributed by atoms with Crippen molar-refractivity contribution in [2.45, 2.75) is 26.2 Å². The van der Waals surface area contributed by atoms with Crippen molar-refractivity contribution in [3.63, 3.8) is 0 Å². The monoisotopic (exact) mass is 347 g/mol. The zero-order chi connectivity index (χ0) is 16.9. The summed E-state index contributed by atoms with van der Waals surface area (Å²) in [6.07, 6.45) is 0. The van der Waals surface area contributed by atoms with E-state index in [0.717, 1.165) is 10.5 Å². The van der Waals surface area contributed by atoms with Crippen LogP contribution in [0.5, 0.6) is 0 Å². The molecule has 3 rings (SSSR count). The Kier molecular flexibility index (Phi) is 3.74. The van der Waals surface area contributed by atoms with E-state index in [1.807, 2.05) is 12.1 Å². The van der Waals surface area contributed by atoms with Crippen LogP contribution in [-0.2, 0) is 5.41 Å². The van der Waals surface area contributed by atoms with Gasteiger partial charge in [0.1, 0.15) is 0 Å². The summed E-state index contributed by atoms with van der Waals surface area (Å²) in [5.41, 5.74) is 2.23. The smallest absolute Gasteiger partial charge is 0.266 e. The first-order chi connectivity index (χ1) is 10.7. The molecule has 23 heavy (non-hydrogen) atoms. The van der Waals surface area contributed by atoms with E-state index >= 15 is 0 Å². The number of carbonyl (C=O) groups excluding carboxylic acids is 2. The van der Waals surface area contributed by atoms with Crippen molar-refractivity contribution in [2.24, 2.45) is 0 Å². The van der Waals surface area contributed by atoms with Gasteiger partial charge in [-0.3, -0.25) is 9.59 Å². The third kappa shape index (κ3) is 2.64. The van der Waals surface area contributed by atoms with Gasteiger partial charge in [-0.1, -0.05) is 56.1 Å². The fraction of sp³-hybridized carbons (Fsp3) is 0.222. The molecule has 118 valence electrons. The Morgan fingerprint density at radius 2 is 1.26 bits per heavy atom. The predicted octanol–water partition coefficient (Wildman–Crippen LogP) is 5.09. The van der Waals surface area contributed by atoms with Gasteiger partial charge in [0.15, 0.2) is 0 Å². The summed E-state index contributed by atoms with van der Waals surface area (Å²) >= 11 is 11.9. The van der Waals surface area contributed by atoms with Crippen molar-refractivity contribution in [1.29, 1.82) is 0 Å². The maximum absolute atomic E-state index is 12.6. The molecule has 0 saturated heterocycles. The molecule has 1 heterocycles. The summed E-state index contributed by atoms with van der Waals surface area (Å²) in [5, 5.41) is 0.521. The lowest BCUT2D eigenvalue weighted by Gasteiger charge is -2.20. The van der Waals surface area contributed by atoms with Gasteiger partial charge in [0.25, 0.3) is 11.8 Å². The van der Waals surface area contributed by atoms with Gasteiger partial charge < -0.3 is 0 Å². The molecule has 3 nitrogen and oxygen atoms in total. The minimum absolute atomic E-state index is 0.00156. The lowest BCUT2D eigenvalue weighted by atomic mass is 9.87. The Hall–Kier alpha value is -1.84. The first kappa shape index (κ1) is 16.0. The molecule has 0 unspecified atom stereocenters. The minimum atomic E-state index is -0.382. The number of amides is 2. The van der Waals surface area contributed by atoms with Crippen molar-refractivity contribution >= 4 is 40.7 Å². The summed E-state index contributed by atoms with van der Waals surface area (Å²) in [4.78, 5) is 26.3. The number of benzene rings is 2. The summed E-state index contributed by atoms with van der Waals surface area (Å²) in [6.45, 7) is 6.32. The largest absolute Gasteiger partial charge is 0.268 e. The fourth-order valence-corrected chi connectivity index (χ4v) is 2.91. The van der Waals surface area contributed by atoms with E-state index in [0.29, 0.717) is 5.69 Å². The Labute approximate surface area is 144 Å². The Morgan fingerprint density at radius 3 is 1.65 bits per heavy atom. The molecule has 2 aromatic carbocycles. The second kappa shape index (κ2) is 5.36. The van der Waals surface area contributed by atoms with E-state index in [2.05, 4.69) is 20.8 Å². The first-order valence-electron chi connectivity index (χ1n) is 7.18. The molecule has 0 aliphatic carbocycles. The summed E-state index contributed by atoms with van der Waals surface area (Å²) in [6, 6.07) is 10.3. The average Bonchev–Trinajstić information content (AvgIpc) is 2.71. The standard InChI is InChI=1S/C18H15Cl2NO2/c1-18(2,3)10-4-6-11(7-5-10)21-16(22)12-8-14(19)15(20)9-13(12)17(21)23/h4-9H,1-3H3. The zero-order valence-corrected chi connectivity index (χ0v) is 14.5. The van der Waals surface area contributed by atoms with Crippen LogP contribution in [0.2, 0.25) is 10.0 Å². The van der Waals surface area contributed by atoms with E-state index in [1.54, 1.807) is 12.1 Å². The highest BCUT2D eigenvalue weighted by Gasteiger charge is 2.37. The maximum Gasteiger partial charge on any atom is 0.266 e. The predicted molar refractivity (Wildman–Crippen MR) is 92.7 cm³/mol. The molecule has 0 radical (unpaired) electrons. The molecule has 1 aliphatic rings. The highest BCUT2D eigenvalue weighted by Crippen LogP contribution is 2.34. The van der Waals surface area contributed by atoms with Gasteiger partial charge in [0.2, 0.25) is 0 Å². The fourth-order valence-electron chi connectivity index (χ4n) is 2.58. The molecule has 0 bridgehead atoms. The van der Waals surface area contributed by atoms with Crippen LogP contribution in [0.4, 0.5) is 5.69 Å². The van der Waals surface area contributed by atoms with Crippen LogP contribution in [0.25, 0.3) is 0 Å².